The number of benzene rings is 3. The number of halogens is 2. The van der Waals surface area contributed by atoms with E-state index >= 15 is 0 Å². The van der Waals surface area contributed by atoms with Gasteiger partial charge in [-0.05, 0) is 42.0 Å². The highest BCUT2D eigenvalue weighted by Crippen LogP contribution is 2.42. The van der Waals surface area contributed by atoms with Crippen molar-refractivity contribution >= 4 is 32.7 Å². The van der Waals surface area contributed by atoms with Crippen molar-refractivity contribution in [2.24, 2.45) is 0 Å². The summed E-state index contributed by atoms with van der Waals surface area (Å²) in [6.07, 6.45) is 3.13. The molecule has 28 heavy (non-hydrogen) atoms. The Morgan fingerprint density at radius 3 is 2.36 bits per heavy atom. The number of aromatic hydroxyl groups is 1. The Balaban J connectivity index is 1.94. The van der Waals surface area contributed by atoms with Crippen LogP contribution in [0, 0.1) is 5.82 Å². The lowest BCUT2D eigenvalue weighted by Gasteiger charge is -2.21. The Labute approximate surface area is 172 Å². The van der Waals surface area contributed by atoms with E-state index in [0.717, 1.165) is 45.6 Å². The molecule has 0 heterocycles. The molecule has 0 saturated carbocycles. The molecule has 0 aliphatic carbocycles. The average molecular weight is 445 g/mol. The van der Waals surface area contributed by atoms with Crippen molar-refractivity contribution in [2.45, 2.75) is 38.0 Å². The summed E-state index contributed by atoms with van der Waals surface area (Å²) in [6.45, 7) is 0. The van der Waals surface area contributed by atoms with Crippen molar-refractivity contribution in [3.63, 3.8) is 0 Å². The summed E-state index contributed by atoms with van der Waals surface area (Å²) in [5, 5.41) is 21.5. The monoisotopic (exact) mass is 444 g/mol. The standard InChI is InChI=1S/C23H22BrFO3/c24-21-14-20(23(28)19-8-5-4-7-18(19)21)17(6-2-1-3-9-22(26)27)15-10-12-16(25)13-11-15/h4-5,7-8,10-14,17,28H,1-3,6,9H2,(H,26,27). The molecule has 3 rings (SSSR count). The van der Waals surface area contributed by atoms with E-state index in [1.807, 2.05) is 30.3 Å². The van der Waals surface area contributed by atoms with Gasteiger partial charge in [0.1, 0.15) is 11.6 Å². The smallest absolute Gasteiger partial charge is 0.303 e. The first-order valence-electron chi connectivity index (χ1n) is 9.34. The van der Waals surface area contributed by atoms with E-state index in [2.05, 4.69) is 15.9 Å². The molecule has 0 aromatic heterocycles. The average Bonchev–Trinajstić information content (AvgIpc) is 2.68. The van der Waals surface area contributed by atoms with Gasteiger partial charge in [-0.2, -0.15) is 0 Å². The molecule has 2 N–H and O–H groups in total. The second-order valence-corrected chi connectivity index (χ2v) is 7.79. The van der Waals surface area contributed by atoms with E-state index in [4.69, 9.17) is 5.11 Å². The van der Waals surface area contributed by atoms with Crippen LogP contribution in [0.1, 0.15) is 49.1 Å². The molecule has 0 spiro atoms. The summed E-state index contributed by atoms with van der Waals surface area (Å²) in [5.41, 5.74) is 1.72. The van der Waals surface area contributed by atoms with E-state index in [-0.39, 0.29) is 23.9 Å². The zero-order valence-electron chi connectivity index (χ0n) is 15.4. The summed E-state index contributed by atoms with van der Waals surface area (Å²) < 4.78 is 14.3. The van der Waals surface area contributed by atoms with Crippen LogP contribution in [0.3, 0.4) is 0 Å². The molecule has 0 radical (unpaired) electrons. The lowest BCUT2D eigenvalue weighted by molar-refractivity contribution is -0.137. The van der Waals surface area contributed by atoms with Gasteiger partial charge in [0.15, 0.2) is 0 Å². The highest BCUT2D eigenvalue weighted by atomic mass is 79.9. The Kier molecular flexibility index (Phi) is 6.68. The van der Waals surface area contributed by atoms with E-state index < -0.39 is 5.97 Å². The van der Waals surface area contributed by atoms with Gasteiger partial charge in [-0.1, -0.05) is 65.2 Å². The van der Waals surface area contributed by atoms with E-state index in [0.29, 0.717) is 6.42 Å². The minimum absolute atomic E-state index is 0.105. The first-order chi connectivity index (χ1) is 13.5. The van der Waals surface area contributed by atoms with Crippen LogP contribution < -0.4 is 0 Å². The number of carbonyl (C=O) groups is 1. The maximum atomic E-state index is 13.4. The number of unbranched alkanes of at least 4 members (excludes halogenated alkanes) is 2. The minimum Gasteiger partial charge on any atom is -0.507 e. The normalized spacial score (nSPS) is 12.2. The first-order valence-corrected chi connectivity index (χ1v) is 10.1. The molecule has 1 unspecified atom stereocenters. The van der Waals surface area contributed by atoms with Gasteiger partial charge in [0.25, 0.3) is 0 Å². The van der Waals surface area contributed by atoms with Crippen molar-refractivity contribution in [1.82, 2.24) is 0 Å². The molecular formula is C23H22BrFO3. The summed E-state index contributed by atoms with van der Waals surface area (Å²) in [7, 11) is 0. The predicted molar refractivity (Wildman–Crippen MR) is 112 cm³/mol. The molecule has 3 aromatic rings. The fraction of sp³-hybridized carbons (Fsp3) is 0.261. The molecular weight excluding hydrogens is 423 g/mol. The Morgan fingerprint density at radius 1 is 1.00 bits per heavy atom. The third kappa shape index (κ3) is 4.71. The van der Waals surface area contributed by atoms with Crippen LogP contribution in [0.25, 0.3) is 10.8 Å². The van der Waals surface area contributed by atoms with Crippen LogP contribution in [0.5, 0.6) is 5.75 Å². The lowest BCUT2D eigenvalue weighted by Crippen LogP contribution is -2.03. The first kappa shape index (κ1) is 20.3. The SMILES string of the molecule is O=C(O)CCCCCC(c1ccc(F)cc1)c1cc(Br)c2ccccc2c1O. The van der Waals surface area contributed by atoms with Gasteiger partial charge in [0, 0.05) is 27.8 Å². The number of phenolic OH excluding ortho intramolecular Hbond substituents is 1. The fourth-order valence-corrected chi connectivity index (χ4v) is 4.19. The summed E-state index contributed by atoms with van der Waals surface area (Å²) in [4.78, 5) is 10.7. The molecule has 0 bridgehead atoms. The summed E-state index contributed by atoms with van der Waals surface area (Å²) in [6, 6.07) is 15.9. The van der Waals surface area contributed by atoms with Crippen molar-refractivity contribution in [3.8, 4) is 5.75 Å². The molecule has 0 saturated heterocycles. The second-order valence-electron chi connectivity index (χ2n) is 6.94. The molecule has 5 heteroatoms. The Bertz CT molecular complexity index is 969. The van der Waals surface area contributed by atoms with E-state index in [1.165, 1.54) is 12.1 Å². The third-order valence-corrected chi connectivity index (χ3v) is 5.68. The molecule has 3 aromatic carbocycles. The highest BCUT2D eigenvalue weighted by molar-refractivity contribution is 9.10. The molecule has 0 amide bonds. The van der Waals surface area contributed by atoms with Gasteiger partial charge in [-0.25, -0.2) is 4.39 Å². The molecule has 0 aliphatic rings. The summed E-state index contributed by atoms with van der Waals surface area (Å²) in [5.74, 6) is -0.955. The number of fused-ring (bicyclic) bond motifs is 1. The van der Waals surface area contributed by atoms with Crippen LogP contribution in [-0.2, 0) is 4.79 Å². The van der Waals surface area contributed by atoms with Gasteiger partial charge in [0.05, 0.1) is 0 Å². The van der Waals surface area contributed by atoms with Gasteiger partial charge < -0.3 is 10.2 Å². The van der Waals surface area contributed by atoms with E-state index in [9.17, 15) is 14.3 Å². The molecule has 0 fully saturated rings. The minimum atomic E-state index is -0.786. The van der Waals surface area contributed by atoms with Gasteiger partial charge >= 0.3 is 5.97 Å². The largest absolute Gasteiger partial charge is 0.507 e. The zero-order chi connectivity index (χ0) is 20.1. The van der Waals surface area contributed by atoms with Crippen molar-refractivity contribution in [2.75, 3.05) is 0 Å². The fourth-order valence-electron chi connectivity index (χ4n) is 3.60. The van der Waals surface area contributed by atoms with Crippen molar-refractivity contribution in [1.29, 1.82) is 0 Å². The predicted octanol–water partition coefficient (Wildman–Crippen LogP) is 6.61. The zero-order valence-corrected chi connectivity index (χ0v) is 17.0. The number of carboxylic acids is 1. The van der Waals surface area contributed by atoms with Gasteiger partial charge in [-0.15, -0.1) is 0 Å². The Hall–Kier alpha value is -2.40. The number of carboxylic acid groups (broad SMARTS) is 1. The molecule has 146 valence electrons. The maximum Gasteiger partial charge on any atom is 0.303 e. The van der Waals surface area contributed by atoms with Gasteiger partial charge in [-0.3, -0.25) is 4.79 Å². The Morgan fingerprint density at radius 2 is 1.68 bits per heavy atom. The van der Waals surface area contributed by atoms with Crippen LogP contribution in [0.2, 0.25) is 0 Å². The van der Waals surface area contributed by atoms with Crippen LogP contribution in [-0.4, -0.2) is 16.2 Å². The lowest BCUT2D eigenvalue weighted by atomic mass is 9.85. The topological polar surface area (TPSA) is 57.5 Å². The molecule has 3 nitrogen and oxygen atoms in total. The van der Waals surface area contributed by atoms with E-state index in [1.54, 1.807) is 12.1 Å². The number of rotatable bonds is 8. The van der Waals surface area contributed by atoms with Crippen LogP contribution >= 0.6 is 15.9 Å². The van der Waals surface area contributed by atoms with Crippen molar-refractivity contribution < 1.29 is 19.4 Å². The number of hydrogen-bond acceptors (Lipinski definition) is 2. The van der Waals surface area contributed by atoms with Crippen molar-refractivity contribution in [3.05, 3.63) is 76.0 Å². The number of phenols is 1. The van der Waals surface area contributed by atoms with Gasteiger partial charge in [0.2, 0.25) is 0 Å². The molecule has 1 atom stereocenters. The molecule has 0 aliphatic heterocycles. The third-order valence-electron chi connectivity index (χ3n) is 5.03. The second kappa shape index (κ2) is 9.20. The quantitative estimate of drug-likeness (QED) is 0.384. The van der Waals surface area contributed by atoms with Crippen LogP contribution in [0.4, 0.5) is 4.39 Å². The maximum absolute atomic E-state index is 13.4. The van der Waals surface area contributed by atoms with Crippen LogP contribution in [0.15, 0.2) is 59.1 Å². The number of aliphatic carboxylic acids is 1. The number of hydrogen-bond donors (Lipinski definition) is 2. The summed E-state index contributed by atoms with van der Waals surface area (Å²) >= 11 is 3.61. The highest BCUT2D eigenvalue weighted by Gasteiger charge is 2.20.